The Bertz CT molecular complexity index is 343. The highest BCUT2D eigenvalue weighted by atomic mass is 17.0. The maximum atomic E-state index is 9.28. The van der Waals surface area contributed by atoms with Gasteiger partial charge in [0.2, 0.25) is 0 Å². The number of ether oxygens (including phenoxy) is 1. The van der Waals surface area contributed by atoms with Gasteiger partial charge in [-0.2, -0.15) is 0 Å². The third-order valence-electron chi connectivity index (χ3n) is 2.94. The average molecular weight is 236 g/mol. The molecular formula is C5H10B2O9-2. The molecule has 0 aromatic carbocycles. The second-order valence-electron chi connectivity index (χ2n) is 4.17. The van der Waals surface area contributed by atoms with Gasteiger partial charge in [0.15, 0.2) is 11.6 Å². The zero-order valence-corrected chi connectivity index (χ0v) is 8.27. The van der Waals surface area contributed by atoms with Gasteiger partial charge in [0.1, 0.15) is 0 Å². The predicted molar refractivity (Wildman–Crippen MR) is 45.6 cm³/mol. The van der Waals surface area contributed by atoms with E-state index in [1.54, 1.807) is 0 Å². The highest BCUT2D eigenvalue weighted by Gasteiger charge is 2.73. The Morgan fingerprint density at radius 3 is 2.38 bits per heavy atom. The van der Waals surface area contributed by atoms with Crippen LogP contribution < -0.4 is 0 Å². The fourth-order valence-electron chi connectivity index (χ4n) is 2.39. The Hall–Kier alpha value is -0.230. The van der Waals surface area contributed by atoms with Crippen molar-refractivity contribution in [3.05, 3.63) is 0 Å². The van der Waals surface area contributed by atoms with Gasteiger partial charge >= 0.3 is 13.9 Å². The first-order valence-corrected chi connectivity index (χ1v) is 4.76. The normalized spacial score (nSPS) is 52.7. The highest BCUT2D eigenvalue weighted by molar-refractivity contribution is 6.53. The summed E-state index contributed by atoms with van der Waals surface area (Å²) in [6.07, 6.45) is -1.02. The van der Waals surface area contributed by atoms with Crippen LogP contribution in [0.4, 0.5) is 0 Å². The molecule has 11 heteroatoms. The number of hydrogen-bond acceptors (Lipinski definition) is 9. The van der Waals surface area contributed by atoms with E-state index in [2.05, 4.69) is 0 Å². The summed E-state index contributed by atoms with van der Waals surface area (Å²) in [6.45, 7) is -5.90. The smallest absolute Gasteiger partial charge is 0.530 e. The fraction of sp³-hybridized carbons (Fsp3) is 1.00. The van der Waals surface area contributed by atoms with Gasteiger partial charge in [-0.3, -0.25) is 0 Å². The number of hydrogen-bond donors (Lipinski definition) is 4. The Balaban J connectivity index is 2.03. The molecule has 3 aliphatic heterocycles. The monoisotopic (exact) mass is 236 g/mol. The van der Waals surface area contributed by atoms with Crippen molar-refractivity contribution in [1.82, 2.24) is 0 Å². The van der Waals surface area contributed by atoms with E-state index in [1.807, 2.05) is 0 Å². The summed E-state index contributed by atoms with van der Waals surface area (Å²) in [5.41, 5.74) is 0. The molecule has 9 nitrogen and oxygen atoms in total. The van der Waals surface area contributed by atoms with Crippen molar-refractivity contribution in [3.8, 4) is 0 Å². The third kappa shape index (κ3) is 1.17. The first-order valence-electron chi connectivity index (χ1n) is 4.76. The predicted octanol–water partition coefficient (Wildman–Crippen LogP) is -3.27. The summed E-state index contributed by atoms with van der Waals surface area (Å²) in [7, 11) is 0. The molecular weight excluding hydrogens is 226 g/mol. The molecule has 3 heterocycles. The summed E-state index contributed by atoms with van der Waals surface area (Å²) < 4.78 is 24.2. The summed E-state index contributed by atoms with van der Waals surface area (Å²) in [4.78, 5) is 0. The van der Waals surface area contributed by atoms with Crippen LogP contribution in [-0.2, 0) is 23.4 Å². The highest BCUT2D eigenvalue weighted by Crippen LogP contribution is 2.53. The standard InChI is InChI=1S/C5H10B2O9/c1-4-5(16-7(10,11)14-4)3(2-12-4)13-6(8,9)15-5/h3,8-11H,2H2,1H3/q-2/t3-,4+,5+/m0/s1. The molecule has 1 spiro atoms. The summed E-state index contributed by atoms with van der Waals surface area (Å²) in [5, 5.41) is 37.1. The van der Waals surface area contributed by atoms with E-state index >= 15 is 0 Å². The second kappa shape index (κ2) is 2.61. The van der Waals surface area contributed by atoms with Crippen LogP contribution in [0.25, 0.3) is 0 Å². The summed E-state index contributed by atoms with van der Waals surface area (Å²) in [6, 6.07) is 0. The molecule has 3 saturated heterocycles. The largest absolute Gasteiger partial charge is 0.533 e. The van der Waals surface area contributed by atoms with Crippen molar-refractivity contribution < 1.29 is 43.5 Å². The van der Waals surface area contributed by atoms with Crippen LogP contribution >= 0.6 is 0 Å². The topological polar surface area (TPSA) is 127 Å². The van der Waals surface area contributed by atoms with Gasteiger partial charge in [-0.25, -0.2) is 0 Å². The number of rotatable bonds is 0. The van der Waals surface area contributed by atoms with Crippen molar-refractivity contribution in [2.75, 3.05) is 6.61 Å². The van der Waals surface area contributed by atoms with E-state index in [1.165, 1.54) is 6.92 Å². The molecule has 0 aromatic rings. The molecule has 0 saturated carbocycles. The van der Waals surface area contributed by atoms with Crippen molar-refractivity contribution in [2.24, 2.45) is 0 Å². The Morgan fingerprint density at radius 2 is 1.69 bits per heavy atom. The molecule has 16 heavy (non-hydrogen) atoms. The zero-order valence-electron chi connectivity index (χ0n) is 8.27. The van der Waals surface area contributed by atoms with Gasteiger partial charge in [0.05, 0.1) is 12.7 Å². The molecule has 0 aromatic heterocycles. The van der Waals surface area contributed by atoms with Crippen LogP contribution in [0.2, 0.25) is 0 Å². The van der Waals surface area contributed by atoms with Gasteiger partial charge in [0, 0.05) is 0 Å². The van der Waals surface area contributed by atoms with Gasteiger partial charge in [-0.15, -0.1) is 0 Å². The molecule has 3 fully saturated rings. The first kappa shape index (κ1) is 10.9. The van der Waals surface area contributed by atoms with Crippen LogP contribution in [0.3, 0.4) is 0 Å². The van der Waals surface area contributed by atoms with Gasteiger partial charge in [0.25, 0.3) is 0 Å². The Kier molecular flexibility index (Phi) is 1.78. The van der Waals surface area contributed by atoms with Crippen LogP contribution in [0, 0.1) is 0 Å². The van der Waals surface area contributed by atoms with Gasteiger partial charge in [-0.05, 0) is 6.92 Å². The van der Waals surface area contributed by atoms with E-state index in [9.17, 15) is 20.1 Å². The molecule has 0 radical (unpaired) electrons. The Labute approximate surface area is 89.5 Å². The van der Waals surface area contributed by atoms with Gasteiger partial charge < -0.3 is 43.5 Å². The van der Waals surface area contributed by atoms with Crippen LogP contribution in [0.15, 0.2) is 0 Å². The quantitative estimate of drug-likeness (QED) is 0.320. The van der Waals surface area contributed by atoms with Crippen LogP contribution in [0.1, 0.15) is 6.92 Å². The lowest BCUT2D eigenvalue weighted by atomic mass is 10.0. The van der Waals surface area contributed by atoms with Crippen molar-refractivity contribution in [1.29, 1.82) is 0 Å². The third-order valence-corrected chi connectivity index (χ3v) is 2.94. The first-order chi connectivity index (χ1) is 7.18. The minimum atomic E-state index is -3.60. The van der Waals surface area contributed by atoms with E-state index in [-0.39, 0.29) is 6.61 Å². The lowest BCUT2D eigenvalue weighted by Gasteiger charge is -2.39. The minimum Gasteiger partial charge on any atom is -0.533 e. The summed E-state index contributed by atoms with van der Waals surface area (Å²) >= 11 is 0. The molecule has 3 atom stereocenters. The molecule has 0 unspecified atom stereocenters. The maximum Gasteiger partial charge on any atom is 0.530 e. The molecule has 4 N–H and O–H groups in total. The van der Waals surface area contributed by atoms with E-state index < -0.39 is 31.6 Å². The fourth-order valence-corrected chi connectivity index (χ4v) is 2.39. The van der Waals surface area contributed by atoms with Crippen LogP contribution in [0.5, 0.6) is 0 Å². The minimum absolute atomic E-state index is 0.0900. The summed E-state index contributed by atoms with van der Waals surface area (Å²) in [5.74, 6) is -3.56. The molecule has 3 aliphatic rings. The van der Waals surface area contributed by atoms with Crippen molar-refractivity contribution >= 4 is 13.9 Å². The van der Waals surface area contributed by atoms with E-state index in [0.29, 0.717) is 0 Å². The maximum absolute atomic E-state index is 9.28. The van der Waals surface area contributed by atoms with E-state index in [0.717, 1.165) is 0 Å². The molecule has 0 bridgehead atoms. The van der Waals surface area contributed by atoms with E-state index in [4.69, 9.17) is 23.4 Å². The molecule has 0 amide bonds. The van der Waals surface area contributed by atoms with Crippen molar-refractivity contribution in [3.63, 3.8) is 0 Å². The molecule has 92 valence electrons. The lowest BCUT2D eigenvalue weighted by Crippen LogP contribution is -2.53. The average Bonchev–Trinajstić information content (AvgIpc) is 2.49. The van der Waals surface area contributed by atoms with Crippen LogP contribution in [-0.4, -0.2) is 58.3 Å². The van der Waals surface area contributed by atoms with Crippen molar-refractivity contribution in [2.45, 2.75) is 24.6 Å². The lowest BCUT2D eigenvalue weighted by molar-refractivity contribution is -0.247. The Morgan fingerprint density at radius 1 is 1.06 bits per heavy atom. The zero-order chi connectivity index (χ0) is 11.8. The molecule has 0 aliphatic carbocycles. The van der Waals surface area contributed by atoms with Gasteiger partial charge in [-0.1, -0.05) is 0 Å². The second-order valence-corrected chi connectivity index (χ2v) is 4.17. The SMILES string of the molecule is C[C@]12OC[C@@H]3O[B-](O)(O)O[C@@]31O[B-](O)(O)O2. The molecule has 3 rings (SSSR count).